The lowest BCUT2D eigenvalue weighted by Crippen LogP contribution is -2.32. The maximum Gasteiger partial charge on any atom is 0.374 e. The van der Waals surface area contributed by atoms with Gasteiger partial charge in [0.1, 0.15) is 23.7 Å². The molecule has 0 unspecified atom stereocenters. The van der Waals surface area contributed by atoms with Crippen LogP contribution in [0.5, 0.6) is 11.5 Å². The van der Waals surface area contributed by atoms with E-state index in [4.69, 9.17) is 18.6 Å². The summed E-state index contributed by atoms with van der Waals surface area (Å²) >= 11 is 0. The fourth-order valence-electron chi connectivity index (χ4n) is 2.62. The smallest absolute Gasteiger partial charge is 0.374 e. The Bertz CT molecular complexity index is 1070. The first kappa shape index (κ1) is 20.9. The molecule has 30 heavy (non-hydrogen) atoms. The molecule has 156 valence electrons. The summed E-state index contributed by atoms with van der Waals surface area (Å²) < 4.78 is 21.1. The molecule has 0 aliphatic rings. The zero-order chi connectivity index (χ0) is 21.3. The van der Waals surface area contributed by atoms with E-state index < -0.39 is 18.5 Å². The minimum absolute atomic E-state index is 0.231. The number of benzene rings is 2. The fraction of sp³-hybridized carbons (Fsp3) is 0.227. The van der Waals surface area contributed by atoms with Gasteiger partial charge in [-0.15, -0.1) is 0 Å². The van der Waals surface area contributed by atoms with Crippen molar-refractivity contribution in [1.82, 2.24) is 5.32 Å². The molecule has 1 aromatic heterocycles. The number of rotatable bonds is 9. The highest BCUT2D eigenvalue weighted by Gasteiger charge is 2.15. The van der Waals surface area contributed by atoms with Crippen molar-refractivity contribution >= 4 is 22.8 Å². The molecule has 3 aromatic rings. The van der Waals surface area contributed by atoms with E-state index in [1.54, 1.807) is 48.5 Å². The van der Waals surface area contributed by atoms with Crippen LogP contribution in [-0.2, 0) is 9.53 Å². The van der Waals surface area contributed by atoms with E-state index in [1.165, 1.54) is 0 Å². The average Bonchev–Trinajstić information content (AvgIpc) is 2.76. The van der Waals surface area contributed by atoms with Gasteiger partial charge in [-0.05, 0) is 43.3 Å². The van der Waals surface area contributed by atoms with Crippen molar-refractivity contribution in [3.63, 3.8) is 0 Å². The number of hydrogen-bond donors (Lipinski definition) is 1. The monoisotopic (exact) mass is 411 g/mol. The largest absolute Gasteiger partial charge is 0.494 e. The van der Waals surface area contributed by atoms with Crippen LogP contribution in [0, 0.1) is 0 Å². The van der Waals surface area contributed by atoms with Crippen molar-refractivity contribution in [2.24, 2.45) is 0 Å². The van der Waals surface area contributed by atoms with Crippen LogP contribution in [0.15, 0.2) is 63.8 Å². The van der Waals surface area contributed by atoms with E-state index in [2.05, 4.69) is 5.32 Å². The average molecular weight is 411 g/mol. The van der Waals surface area contributed by atoms with Gasteiger partial charge in [-0.1, -0.05) is 12.1 Å². The number of carbonyl (C=O) groups is 2. The third kappa shape index (κ3) is 5.60. The maximum atomic E-state index is 12.1. The molecule has 1 amide bonds. The first-order valence-electron chi connectivity index (χ1n) is 9.39. The Morgan fingerprint density at radius 3 is 2.43 bits per heavy atom. The molecule has 0 fully saturated rings. The Hall–Kier alpha value is -3.81. The van der Waals surface area contributed by atoms with Gasteiger partial charge in [-0.3, -0.25) is 9.59 Å². The van der Waals surface area contributed by atoms with Crippen LogP contribution in [0.3, 0.4) is 0 Å². The Labute approximate surface area is 172 Å². The van der Waals surface area contributed by atoms with Crippen LogP contribution in [0.25, 0.3) is 11.0 Å². The van der Waals surface area contributed by atoms with E-state index in [9.17, 15) is 14.4 Å². The summed E-state index contributed by atoms with van der Waals surface area (Å²) in [5.41, 5.74) is -0.0903. The normalized spacial score (nSPS) is 10.4. The first-order chi connectivity index (χ1) is 14.6. The zero-order valence-electron chi connectivity index (χ0n) is 16.4. The number of para-hydroxylation sites is 1. The molecule has 8 nitrogen and oxygen atoms in total. The van der Waals surface area contributed by atoms with Crippen molar-refractivity contribution in [2.75, 3.05) is 26.4 Å². The fourth-order valence-corrected chi connectivity index (χ4v) is 2.62. The molecule has 0 aliphatic heterocycles. The number of esters is 1. The Morgan fingerprint density at radius 1 is 1.00 bits per heavy atom. The topological polar surface area (TPSA) is 104 Å². The summed E-state index contributed by atoms with van der Waals surface area (Å²) in [4.78, 5) is 35.9. The minimum atomic E-state index is -0.890. The SMILES string of the molecule is CCOc1ccc(OCCNC(=O)COC(=O)c2cc(=O)c3ccccc3o2)cc1. The maximum absolute atomic E-state index is 12.1. The summed E-state index contributed by atoms with van der Waals surface area (Å²) in [5.74, 6) is -0.251. The number of ether oxygens (including phenoxy) is 3. The summed E-state index contributed by atoms with van der Waals surface area (Å²) in [5, 5.41) is 2.93. The van der Waals surface area contributed by atoms with Crippen LogP contribution in [0.2, 0.25) is 0 Å². The van der Waals surface area contributed by atoms with Crippen molar-refractivity contribution in [2.45, 2.75) is 6.92 Å². The molecule has 0 spiro atoms. The third-order valence-electron chi connectivity index (χ3n) is 4.00. The van der Waals surface area contributed by atoms with Crippen LogP contribution in [0.1, 0.15) is 17.5 Å². The van der Waals surface area contributed by atoms with Crippen LogP contribution >= 0.6 is 0 Å². The molecule has 0 saturated carbocycles. The summed E-state index contributed by atoms with van der Waals surface area (Å²) in [6.07, 6.45) is 0. The van der Waals surface area contributed by atoms with Gasteiger partial charge in [-0.2, -0.15) is 0 Å². The van der Waals surface area contributed by atoms with Gasteiger partial charge >= 0.3 is 5.97 Å². The summed E-state index contributed by atoms with van der Waals surface area (Å²) in [6, 6.07) is 14.7. The number of fused-ring (bicyclic) bond motifs is 1. The molecular formula is C22H21NO7. The molecular weight excluding hydrogens is 390 g/mol. The molecule has 0 atom stereocenters. The summed E-state index contributed by atoms with van der Waals surface area (Å²) in [6.45, 7) is 2.46. The number of nitrogens with one attached hydrogen (secondary N) is 1. The van der Waals surface area contributed by atoms with Gasteiger partial charge in [0.15, 0.2) is 12.0 Å². The molecule has 0 aliphatic carbocycles. The van der Waals surface area contributed by atoms with Gasteiger partial charge in [-0.25, -0.2) is 4.79 Å². The Kier molecular flexibility index (Phi) is 7.05. The lowest BCUT2D eigenvalue weighted by molar-refractivity contribution is -0.124. The predicted molar refractivity (Wildman–Crippen MR) is 109 cm³/mol. The number of hydrogen-bond acceptors (Lipinski definition) is 7. The van der Waals surface area contributed by atoms with E-state index in [0.29, 0.717) is 17.7 Å². The van der Waals surface area contributed by atoms with E-state index in [-0.39, 0.29) is 29.9 Å². The molecule has 3 rings (SSSR count). The highest BCUT2D eigenvalue weighted by atomic mass is 16.5. The molecule has 2 aromatic carbocycles. The second-order valence-corrected chi connectivity index (χ2v) is 6.15. The second-order valence-electron chi connectivity index (χ2n) is 6.15. The first-order valence-corrected chi connectivity index (χ1v) is 9.39. The third-order valence-corrected chi connectivity index (χ3v) is 4.00. The van der Waals surface area contributed by atoms with Gasteiger partial charge in [0.05, 0.1) is 18.5 Å². The molecule has 0 bridgehead atoms. The second kappa shape index (κ2) is 10.1. The lowest BCUT2D eigenvalue weighted by Gasteiger charge is -2.09. The molecule has 1 N–H and O–H groups in total. The standard InChI is InChI=1S/C22H21NO7/c1-2-27-15-7-9-16(10-8-15)28-12-11-23-21(25)14-29-22(26)20-13-18(24)17-5-3-4-6-19(17)30-20/h3-10,13H,2,11-12,14H2,1H3,(H,23,25). The van der Waals surface area contributed by atoms with Crippen molar-refractivity contribution < 1.29 is 28.2 Å². The van der Waals surface area contributed by atoms with Gasteiger partial charge in [0.2, 0.25) is 5.76 Å². The van der Waals surface area contributed by atoms with Crippen LogP contribution in [-0.4, -0.2) is 38.2 Å². The van der Waals surface area contributed by atoms with Crippen molar-refractivity contribution in [3.05, 3.63) is 70.6 Å². The molecule has 8 heteroatoms. The number of carbonyl (C=O) groups excluding carboxylic acids is 2. The highest BCUT2D eigenvalue weighted by Crippen LogP contribution is 2.17. The zero-order valence-corrected chi connectivity index (χ0v) is 16.4. The van der Waals surface area contributed by atoms with E-state index in [0.717, 1.165) is 11.8 Å². The number of amides is 1. The highest BCUT2D eigenvalue weighted by molar-refractivity contribution is 5.90. The van der Waals surface area contributed by atoms with E-state index >= 15 is 0 Å². The van der Waals surface area contributed by atoms with Crippen molar-refractivity contribution in [3.8, 4) is 11.5 Å². The summed E-state index contributed by atoms with van der Waals surface area (Å²) in [7, 11) is 0. The predicted octanol–water partition coefficient (Wildman–Crippen LogP) is 2.54. The van der Waals surface area contributed by atoms with Crippen molar-refractivity contribution in [1.29, 1.82) is 0 Å². The van der Waals surface area contributed by atoms with Gasteiger partial charge < -0.3 is 23.9 Å². The van der Waals surface area contributed by atoms with Crippen LogP contribution in [0.4, 0.5) is 0 Å². The Balaban J connectivity index is 1.41. The molecule has 0 saturated heterocycles. The van der Waals surface area contributed by atoms with Gasteiger partial charge in [0.25, 0.3) is 5.91 Å². The van der Waals surface area contributed by atoms with Gasteiger partial charge in [0, 0.05) is 6.07 Å². The quantitative estimate of drug-likeness (QED) is 0.426. The van der Waals surface area contributed by atoms with E-state index in [1.807, 2.05) is 6.92 Å². The molecule has 0 radical (unpaired) electrons. The molecule has 1 heterocycles. The van der Waals surface area contributed by atoms with Crippen LogP contribution < -0.4 is 20.2 Å². The lowest BCUT2D eigenvalue weighted by atomic mass is 10.2. The Morgan fingerprint density at radius 2 is 1.70 bits per heavy atom. The minimum Gasteiger partial charge on any atom is -0.494 e.